The van der Waals surface area contributed by atoms with Gasteiger partial charge >= 0.3 is 39.5 Å². The van der Waals surface area contributed by atoms with Crippen molar-refractivity contribution in [2.45, 2.75) is 316 Å². The average molecular weight is 1440 g/mol. The molecule has 0 amide bonds. The number of hydrogen-bond acceptors (Lipinski definition) is 15. The molecule has 0 saturated carbocycles. The van der Waals surface area contributed by atoms with E-state index < -0.39 is 97.5 Å². The van der Waals surface area contributed by atoms with Gasteiger partial charge in [0.15, 0.2) is 12.2 Å². The van der Waals surface area contributed by atoms with Gasteiger partial charge < -0.3 is 33.8 Å². The maximum atomic E-state index is 13.1. The lowest BCUT2D eigenvalue weighted by Crippen LogP contribution is -2.30. The number of aliphatic hydroxyl groups is 1. The molecule has 0 aliphatic rings. The fourth-order valence-electron chi connectivity index (χ4n) is 9.87. The molecule has 3 N–H and O–H groups in total. The lowest BCUT2D eigenvalue weighted by atomic mass is 10.0. The van der Waals surface area contributed by atoms with Gasteiger partial charge in [-0.2, -0.15) is 0 Å². The van der Waals surface area contributed by atoms with Gasteiger partial charge in [0.1, 0.15) is 19.3 Å². The molecule has 0 aromatic heterocycles. The number of carbonyl (C=O) groups excluding carboxylic acids is 4. The first-order valence-electron chi connectivity index (χ1n) is 38.4. The highest BCUT2D eigenvalue weighted by atomic mass is 31.2. The van der Waals surface area contributed by atoms with Crippen LogP contribution in [0.25, 0.3) is 0 Å². The maximum absolute atomic E-state index is 13.1. The number of esters is 4. The first-order chi connectivity index (χ1) is 48.7. The van der Waals surface area contributed by atoms with Crippen LogP contribution in [0.1, 0.15) is 297 Å². The van der Waals surface area contributed by atoms with Crippen LogP contribution in [0.3, 0.4) is 0 Å². The number of phosphoric ester groups is 2. The highest BCUT2D eigenvalue weighted by Crippen LogP contribution is 2.45. The molecule has 0 rings (SSSR count). The smallest absolute Gasteiger partial charge is 0.462 e. The molecular weight excluding hydrogens is 1310 g/mol. The number of carbonyl (C=O) groups is 4. The SMILES string of the molecule is CC/C=C\C/C=C\C/C=C\C/C=C\C/C=C\C/C=C\CCC(=O)OCC(COP(=O)(O)OCC(O)COP(=O)(O)OCC(COC(=O)CCC/C=C\C/C=C\C/C=C\C/C=C\C/C=C\CC)OC(=O)CCCCCCCCCCCCC)OC(=O)CCCCCCCCCCCCCCC. The second-order valence-corrected chi connectivity index (χ2v) is 28.1. The van der Waals surface area contributed by atoms with Gasteiger partial charge in [0.05, 0.1) is 26.4 Å². The van der Waals surface area contributed by atoms with Crippen molar-refractivity contribution >= 4 is 39.5 Å². The molecule has 0 spiro atoms. The van der Waals surface area contributed by atoms with Crippen molar-refractivity contribution < 1.29 is 80.2 Å². The van der Waals surface area contributed by atoms with E-state index in [0.717, 1.165) is 116 Å². The third kappa shape index (κ3) is 71.6. The van der Waals surface area contributed by atoms with Crippen LogP contribution in [0.5, 0.6) is 0 Å². The standard InChI is InChI=1S/C81H136O17P2/c1-5-9-13-17-21-25-29-32-34-36-37-39-41-44-47-50-54-58-62-66-79(84)92-72-77(98-81(86)68-64-60-56-52-48-42-31-27-23-19-15-11-7-3)74-96-100(89,90)94-70-75(82)69-93-99(87,88)95-73-76(97-80(85)67-63-59-55-51-45-28-24-20-16-12-8-4)71-91-78(83)65-61-57-53-49-46-43-40-38-35-33-30-26-22-18-14-10-6-2/h9-10,13-14,21-22,25-26,32-35,37,39-40,43-44,47,49,53-54,58,75-77,82H,5-8,11-12,15-20,23-24,27-31,36,38,41-42,45-46,48,50-52,55-57,59-74H2,1-4H3,(H,87,88)(H,89,90)/b13-9-,14-10-,25-21-,26-22-,34-32-,35-33-,39-37-,43-40-,47-44-,53-49-,58-54-. The van der Waals surface area contributed by atoms with Crippen molar-refractivity contribution in [3.05, 3.63) is 134 Å². The van der Waals surface area contributed by atoms with Crippen molar-refractivity contribution in [1.29, 1.82) is 0 Å². The van der Waals surface area contributed by atoms with E-state index in [1.54, 1.807) is 0 Å². The summed E-state index contributed by atoms with van der Waals surface area (Å²) in [4.78, 5) is 72.8. The fraction of sp³-hybridized carbons (Fsp3) is 0.679. The zero-order valence-electron chi connectivity index (χ0n) is 62.3. The normalized spacial score (nSPS) is 14.7. The number of phosphoric acid groups is 2. The lowest BCUT2D eigenvalue weighted by Gasteiger charge is -2.21. The molecule has 17 nitrogen and oxygen atoms in total. The first-order valence-corrected chi connectivity index (χ1v) is 41.4. The quantitative estimate of drug-likeness (QED) is 0.0169. The molecule has 572 valence electrons. The second-order valence-electron chi connectivity index (χ2n) is 25.2. The predicted molar refractivity (Wildman–Crippen MR) is 408 cm³/mol. The van der Waals surface area contributed by atoms with E-state index in [-0.39, 0.29) is 25.7 Å². The minimum atomic E-state index is -4.99. The van der Waals surface area contributed by atoms with Crippen LogP contribution < -0.4 is 0 Å². The summed E-state index contributed by atoms with van der Waals surface area (Å²) in [6.45, 7) is 4.49. The monoisotopic (exact) mass is 1440 g/mol. The van der Waals surface area contributed by atoms with Crippen molar-refractivity contribution in [3.63, 3.8) is 0 Å². The Morgan fingerprint density at radius 2 is 0.540 bits per heavy atom. The highest BCUT2D eigenvalue weighted by Gasteiger charge is 2.30. The molecule has 0 aliphatic heterocycles. The predicted octanol–water partition coefficient (Wildman–Crippen LogP) is 22.1. The highest BCUT2D eigenvalue weighted by molar-refractivity contribution is 7.47. The molecular formula is C81H136O17P2. The van der Waals surface area contributed by atoms with Gasteiger partial charge in [-0.15, -0.1) is 0 Å². The molecule has 0 aromatic rings. The Hall–Kier alpha value is -4.80. The molecule has 5 atom stereocenters. The van der Waals surface area contributed by atoms with Crippen molar-refractivity contribution in [2.75, 3.05) is 39.6 Å². The van der Waals surface area contributed by atoms with E-state index in [9.17, 15) is 43.2 Å². The van der Waals surface area contributed by atoms with E-state index in [2.05, 4.69) is 131 Å². The van der Waals surface area contributed by atoms with Gasteiger partial charge in [-0.05, 0) is 103 Å². The van der Waals surface area contributed by atoms with Crippen LogP contribution in [-0.2, 0) is 65.4 Å². The molecule has 0 saturated heterocycles. The molecule has 0 bridgehead atoms. The summed E-state index contributed by atoms with van der Waals surface area (Å²) in [7, 11) is -9.98. The molecule has 0 fully saturated rings. The van der Waals surface area contributed by atoms with Crippen LogP contribution in [0, 0.1) is 0 Å². The Bertz CT molecular complexity index is 2420. The van der Waals surface area contributed by atoms with E-state index in [0.29, 0.717) is 38.5 Å². The third-order valence-electron chi connectivity index (χ3n) is 15.7. The Labute approximate surface area is 605 Å². The van der Waals surface area contributed by atoms with Crippen LogP contribution in [0.15, 0.2) is 134 Å². The van der Waals surface area contributed by atoms with E-state index in [4.69, 9.17) is 37.0 Å². The number of aliphatic hydroxyl groups excluding tert-OH is 1. The van der Waals surface area contributed by atoms with Crippen LogP contribution in [0.4, 0.5) is 0 Å². The summed E-state index contributed by atoms with van der Waals surface area (Å²) < 4.78 is 68.3. The van der Waals surface area contributed by atoms with Gasteiger partial charge in [-0.25, -0.2) is 9.13 Å². The summed E-state index contributed by atoms with van der Waals surface area (Å²) in [6, 6.07) is 0. The number of rotatable bonds is 71. The summed E-state index contributed by atoms with van der Waals surface area (Å²) in [6.07, 6.45) is 80.4. The van der Waals surface area contributed by atoms with Crippen LogP contribution in [0.2, 0.25) is 0 Å². The molecule has 0 aromatic carbocycles. The summed E-state index contributed by atoms with van der Waals surface area (Å²) in [5, 5.41) is 10.6. The van der Waals surface area contributed by atoms with Gasteiger partial charge in [-0.3, -0.25) is 37.3 Å². The Balaban J connectivity index is 5.42. The maximum Gasteiger partial charge on any atom is 0.472 e. The molecule has 0 radical (unpaired) electrons. The summed E-state index contributed by atoms with van der Waals surface area (Å²) in [5.41, 5.74) is 0. The Kier molecular flexibility index (Phi) is 69.1. The minimum Gasteiger partial charge on any atom is -0.462 e. The number of allylic oxidation sites excluding steroid dienone is 22. The van der Waals surface area contributed by atoms with Crippen molar-refractivity contribution in [3.8, 4) is 0 Å². The fourth-order valence-corrected chi connectivity index (χ4v) is 11.4. The molecule has 0 heterocycles. The number of hydrogen-bond donors (Lipinski definition) is 3. The van der Waals surface area contributed by atoms with Gasteiger partial charge in [0, 0.05) is 25.7 Å². The van der Waals surface area contributed by atoms with Crippen LogP contribution in [-0.4, -0.2) is 96.7 Å². The summed E-state index contributed by atoms with van der Waals surface area (Å²) >= 11 is 0. The van der Waals surface area contributed by atoms with Gasteiger partial charge in [0.2, 0.25) is 0 Å². The molecule has 100 heavy (non-hydrogen) atoms. The summed E-state index contributed by atoms with van der Waals surface area (Å²) in [5.74, 6) is -2.34. The number of ether oxygens (including phenoxy) is 4. The zero-order valence-corrected chi connectivity index (χ0v) is 64.1. The average Bonchev–Trinajstić information content (AvgIpc) is 0.940. The third-order valence-corrected chi connectivity index (χ3v) is 17.6. The van der Waals surface area contributed by atoms with E-state index >= 15 is 0 Å². The largest absolute Gasteiger partial charge is 0.472 e. The van der Waals surface area contributed by atoms with E-state index in [1.165, 1.54) is 89.9 Å². The molecule has 19 heteroatoms. The number of unbranched alkanes of at least 4 members (excludes halogenated alkanes) is 23. The molecule has 5 unspecified atom stereocenters. The Morgan fingerprint density at radius 1 is 0.290 bits per heavy atom. The lowest BCUT2D eigenvalue weighted by molar-refractivity contribution is -0.161. The Morgan fingerprint density at radius 3 is 0.850 bits per heavy atom. The van der Waals surface area contributed by atoms with Crippen molar-refractivity contribution in [1.82, 2.24) is 0 Å². The first kappa shape index (κ1) is 95.2. The molecule has 0 aliphatic carbocycles. The van der Waals surface area contributed by atoms with Crippen molar-refractivity contribution in [2.24, 2.45) is 0 Å². The second kappa shape index (κ2) is 72.5. The minimum absolute atomic E-state index is 0.0346. The van der Waals surface area contributed by atoms with Gasteiger partial charge in [0.25, 0.3) is 0 Å². The van der Waals surface area contributed by atoms with Gasteiger partial charge in [-0.1, -0.05) is 303 Å². The van der Waals surface area contributed by atoms with E-state index in [1.807, 2.05) is 30.4 Å². The van der Waals surface area contributed by atoms with Crippen LogP contribution >= 0.6 is 15.6 Å². The zero-order chi connectivity index (χ0) is 73.2. The topological polar surface area (TPSA) is 237 Å².